The highest BCUT2D eigenvalue weighted by Gasteiger charge is 2.32. The normalized spacial score (nSPS) is 14.1. The van der Waals surface area contributed by atoms with Crippen molar-refractivity contribution in [2.75, 3.05) is 26.1 Å². The highest BCUT2D eigenvalue weighted by molar-refractivity contribution is 6.21. The van der Waals surface area contributed by atoms with Crippen LogP contribution in [0.1, 0.15) is 27.6 Å². The lowest BCUT2D eigenvalue weighted by Crippen LogP contribution is -2.27. The van der Waals surface area contributed by atoms with Crippen LogP contribution in [0.2, 0.25) is 0 Å². The maximum absolute atomic E-state index is 12.9. The summed E-state index contributed by atoms with van der Waals surface area (Å²) in [4.78, 5) is 39.5. The Hall–Kier alpha value is -3.81. The molecule has 3 amide bonds. The Bertz CT molecular complexity index is 1040. The van der Waals surface area contributed by atoms with Gasteiger partial charge >= 0.3 is 0 Å². The lowest BCUT2D eigenvalue weighted by atomic mass is 10.1. The van der Waals surface area contributed by atoms with E-state index in [4.69, 9.17) is 4.74 Å². The fourth-order valence-corrected chi connectivity index (χ4v) is 2.81. The molecular formula is C21H20N4O4. The molecule has 0 aliphatic carbocycles. The number of carbonyl (C=O) groups is 3. The van der Waals surface area contributed by atoms with Gasteiger partial charge < -0.3 is 9.64 Å². The highest BCUT2D eigenvalue weighted by Crippen LogP contribution is 2.27. The SMILES string of the molecule is CO/C(C)=C(\N=Nc1ccc2c(c1)C(=O)N(C)C2=O)C(=O)N(C)c1ccccc1. The number of amides is 3. The first-order valence-corrected chi connectivity index (χ1v) is 8.81. The number of ether oxygens (including phenoxy) is 1. The molecule has 1 aliphatic heterocycles. The Morgan fingerprint density at radius 3 is 2.34 bits per heavy atom. The van der Waals surface area contributed by atoms with Crippen molar-refractivity contribution < 1.29 is 19.1 Å². The first-order valence-electron chi connectivity index (χ1n) is 8.81. The number of hydrogen-bond donors (Lipinski definition) is 0. The largest absolute Gasteiger partial charge is 0.499 e. The number of carbonyl (C=O) groups excluding carboxylic acids is 3. The molecule has 1 aliphatic rings. The predicted octanol–water partition coefficient (Wildman–Crippen LogP) is 3.54. The number of rotatable bonds is 5. The van der Waals surface area contributed by atoms with Crippen LogP contribution in [0.5, 0.6) is 0 Å². The third-order valence-corrected chi connectivity index (χ3v) is 4.63. The van der Waals surface area contributed by atoms with Crippen molar-refractivity contribution in [2.24, 2.45) is 10.2 Å². The molecule has 0 N–H and O–H groups in total. The zero-order valence-electron chi connectivity index (χ0n) is 16.5. The number of anilines is 1. The van der Waals surface area contributed by atoms with Crippen LogP contribution in [-0.2, 0) is 9.53 Å². The van der Waals surface area contributed by atoms with Crippen molar-refractivity contribution in [1.82, 2.24) is 4.90 Å². The van der Waals surface area contributed by atoms with E-state index in [2.05, 4.69) is 10.2 Å². The monoisotopic (exact) mass is 392 g/mol. The van der Waals surface area contributed by atoms with Gasteiger partial charge in [-0.25, -0.2) is 0 Å². The van der Waals surface area contributed by atoms with E-state index in [0.29, 0.717) is 22.7 Å². The molecule has 8 heteroatoms. The molecule has 2 aromatic rings. The van der Waals surface area contributed by atoms with Gasteiger partial charge in [0.1, 0.15) is 5.76 Å². The number of fused-ring (bicyclic) bond motifs is 1. The number of nitrogens with zero attached hydrogens (tertiary/aromatic N) is 4. The third kappa shape index (κ3) is 3.77. The van der Waals surface area contributed by atoms with Crippen molar-refractivity contribution >= 4 is 29.1 Å². The summed E-state index contributed by atoms with van der Waals surface area (Å²) in [5.41, 5.74) is 1.64. The van der Waals surface area contributed by atoms with Crippen molar-refractivity contribution in [3.8, 4) is 0 Å². The quantitative estimate of drug-likeness (QED) is 0.337. The first kappa shape index (κ1) is 19.9. The van der Waals surface area contributed by atoms with Crippen molar-refractivity contribution in [3.63, 3.8) is 0 Å². The summed E-state index contributed by atoms with van der Waals surface area (Å²) in [6.45, 7) is 1.62. The molecule has 0 aromatic heterocycles. The summed E-state index contributed by atoms with van der Waals surface area (Å²) < 4.78 is 5.20. The summed E-state index contributed by atoms with van der Waals surface area (Å²) in [7, 11) is 4.49. The highest BCUT2D eigenvalue weighted by atomic mass is 16.5. The number of azo groups is 1. The first-order chi connectivity index (χ1) is 13.8. The minimum absolute atomic E-state index is 0.0267. The third-order valence-electron chi connectivity index (χ3n) is 4.63. The van der Waals surface area contributed by atoms with Crippen molar-refractivity contribution in [1.29, 1.82) is 0 Å². The summed E-state index contributed by atoms with van der Waals surface area (Å²) in [5.74, 6) is -0.852. The Labute approximate surface area is 168 Å². The molecule has 0 saturated carbocycles. The van der Waals surface area contributed by atoms with Gasteiger partial charge in [-0.3, -0.25) is 19.3 Å². The topological polar surface area (TPSA) is 91.6 Å². The lowest BCUT2D eigenvalue weighted by Gasteiger charge is -2.17. The fourth-order valence-electron chi connectivity index (χ4n) is 2.81. The molecule has 0 saturated heterocycles. The van der Waals surface area contributed by atoms with E-state index in [-0.39, 0.29) is 17.2 Å². The van der Waals surface area contributed by atoms with Crippen LogP contribution in [-0.4, -0.2) is 43.8 Å². The number of imide groups is 1. The van der Waals surface area contributed by atoms with Crippen LogP contribution >= 0.6 is 0 Å². The molecular weight excluding hydrogens is 372 g/mol. The van der Waals surface area contributed by atoms with Gasteiger partial charge in [-0.05, 0) is 37.3 Å². The molecule has 3 rings (SSSR count). The number of para-hydroxylation sites is 1. The van der Waals surface area contributed by atoms with E-state index in [1.165, 1.54) is 31.2 Å². The second-order valence-corrected chi connectivity index (χ2v) is 6.41. The van der Waals surface area contributed by atoms with Crippen molar-refractivity contribution in [2.45, 2.75) is 6.92 Å². The Morgan fingerprint density at radius 1 is 1.03 bits per heavy atom. The van der Waals surface area contributed by atoms with Crippen LogP contribution in [0.3, 0.4) is 0 Å². The van der Waals surface area contributed by atoms with Gasteiger partial charge in [0.2, 0.25) is 0 Å². The Kier molecular flexibility index (Phi) is 5.54. The molecule has 2 aromatic carbocycles. The summed E-state index contributed by atoms with van der Waals surface area (Å²) in [6.07, 6.45) is 0. The maximum Gasteiger partial charge on any atom is 0.282 e. The van der Waals surface area contributed by atoms with E-state index in [0.717, 1.165) is 4.90 Å². The van der Waals surface area contributed by atoms with E-state index in [9.17, 15) is 14.4 Å². The molecule has 0 unspecified atom stereocenters. The number of hydrogen-bond acceptors (Lipinski definition) is 6. The van der Waals surface area contributed by atoms with Gasteiger partial charge in [0.05, 0.1) is 23.9 Å². The van der Waals surface area contributed by atoms with Gasteiger partial charge in [-0.1, -0.05) is 18.2 Å². The zero-order chi connectivity index (χ0) is 21.1. The molecule has 29 heavy (non-hydrogen) atoms. The minimum atomic E-state index is -0.397. The molecule has 0 bridgehead atoms. The van der Waals surface area contributed by atoms with Crippen LogP contribution in [0, 0.1) is 0 Å². The predicted molar refractivity (Wildman–Crippen MR) is 107 cm³/mol. The van der Waals surface area contributed by atoms with Gasteiger partial charge in [0, 0.05) is 19.8 Å². The number of allylic oxidation sites excluding steroid dienone is 1. The van der Waals surface area contributed by atoms with Gasteiger partial charge in [-0.2, -0.15) is 5.11 Å². The van der Waals surface area contributed by atoms with Crippen LogP contribution in [0.15, 0.2) is 70.2 Å². The van der Waals surface area contributed by atoms with Gasteiger partial charge in [-0.15, -0.1) is 5.11 Å². The van der Waals surface area contributed by atoms with Crippen molar-refractivity contribution in [3.05, 3.63) is 71.1 Å². The molecule has 0 atom stereocenters. The average Bonchev–Trinajstić information content (AvgIpc) is 2.97. The smallest absolute Gasteiger partial charge is 0.282 e. The number of likely N-dealkylation sites (N-methyl/N-ethyl adjacent to an activating group) is 1. The minimum Gasteiger partial charge on any atom is -0.499 e. The second-order valence-electron chi connectivity index (χ2n) is 6.41. The van der Waals surface area contributed by atoms with E-state index in [1.807, 2.05) is 18.2 Å². The fraction of sp³-hybridized carbons (Fsp3) is 0.190. The molecule has 1 heterocycles. The maximum atomic E-state index is 12.9. The molecule has 148 valence electrons. The Balaban J connectivity index is 1.91. The number of benzene rings is 2. The summed E-state index contributed by atoms with van der Waals surface area (Å²) in [5, 5.41) is 8.17. The molecule has 8 nitrogen and oxygen atoms in total. The van der Waals surface area contributed by atoms with Gasteiger partial charge in [0.25, 0.3) is 17.7 Å². The molecule has 0 spiro atoms. The van der Waals surface area contributed by atoms with E-state index in [1.54, 1.807) is 32.2 Å². The lowest BCUT2D eigenvalue weighted by molar-refractivity contribution is -0.115. The van der Waals surface area contributed by atoms with Crippen LogP contribution < -0.4 is 4.90 Å². The molecule has 0 fully saturated rings. The van der Waals surface area contributed by atoms with E-state index >= 15 is 0 Å². The Morgan fingerprint density at radius 2 is 1.69 bits per heavy atom. The standard InChI is InChI=1S/C21H20N4O4/c1-13(29-4)18(21(28)24(2)15-8-6-5-7-9-15)23-22-14-10-11-16-17(12-14)20(27)25(3)19(16)26/h5-12H,1-4H3/b18-13-,23-22?. The molecule has 0 radical (unpaired) electrons. The summed E-state index contributed by atoms with van der Waals surface area (Å²) in [6, 6.07) is 13.7. The van der Waals surface area contributed by atoms with Crippen LogP contribution in [0.4, 0.5) is 11.4 Å². The van der Waals surface area contributed by atoms with E-state index < -0.39 is 11.8 Å². The summed E-state index contributed by atoms with van der Waals surface area (Å²) >= 11 is 0. The zero-order valence-corrected chi connectivity index (χ0v) is 16.5. The second kappa shape index (κ2) is 8.05. The number of methoxy groups -OCH3 is 1. The van der Waals surface area contributed by atoms with Gasteiger partial charge in [0.15, 0.2) is 5.70 Å². The average molecular weight is 392 g/mol. The van der Waals surface area contributed by atoms with Crippen LogP contribution in [0.25, 0.3) is 0 Å².